The SMILES string of the molecule is Cc1cc(C)cc(C(=O)N[C@H](C)C23CC4CC(CC(C4)C2)C3)c1. The Morgan fingerprint density at radius 3 is 1.96 bits per heavy atom. The summed E-state index contributed by atoms with van der Waals surface area (Å²) in [6.45, 7) is 6.38. The molecule has 0 aromatic heterocycles. The van der Waals surface area contributed by atoms with E-state index < -0.39 is 0 Å². The molecule has 0 unspecified atom stereocenters. The third-order valence-corrected chi connectivity index (χ3v) is 6.84. The van der Waals surface area contributed by atoms with Gasteiger partial charge in [0.2, 0.25) is 0 Å². The van der Waals surface area contributed by atoms with E-state index in [2.05, 4.69) is 32.2 Å². The molecular formula is C21H29NO. The van der Waals surface area contributed by atoms with Crippen LogP contribution in [0.15, 0.2) is 18.2 Å². The molecule has 2 heteroatoms. The van der Waals surface area contributed by atoms with E-state index in [0.29, 0.717) is 11.5 Å². The fourth-order valence-corrected chi connectivity index (χ4v) is 6.25. The fourth-order valence-electron chi connectivity index (χ4n) is 6.25. The smallest absolute Gasteiger partial charge is 0.251 e. The summed E-state index contributed by atoms with van der Waals surface area (Å²) in [7, 11) is 0. The summed E-state index contributed by atoms with van der Waals surface area (Å²) in [6, 6.07) is 6.44. The normalized spacial score (nSPS) is 36.0. The molecule has 0 spiro atoms. The molecule has 0 saturated heterocycles. The van der Waals surface area contributed by atoms with Crippen LogP contribution in [0.5, 0.6) is 0 Å². The standard InChI is InChI=1S/C21H29NO/c1-13-4-14(2)6-19(5-13)20(23)22-15(3)21-10-16-7-17(11-21)9-18(8-16)12-21/h4-6,15-18H,7-12H2,1-3H3,(H,22,23)/t15-,16?,17?,18?,21?/m1/s1. The molecule has 1 N–H and O–H groups in total. The van der Waals surface area contributed by atoms with Crippen LogP contribution in [0.3, 0.4) is 0 Å². The lowest BCUT2D eigenvalue weighted by Crippen LogP contribution is -2.55. The predicted molar refractivity (Wildman–Crippen MR) is 93.4 cm³/mol. The first-order chi connectivity index (χ1) is 10.9. The van der Waals surface area contributed by atoms with Crippen LogP contribution in [0.2, 0.25) is 0 Å². The van der Waals surface area contributed by atoms with Gasteiger partial charge in [-0.25, -0.2) is 0 Å². The minimum Gasteiger partial charge on any atom is -0.349 e. The zero-order chi connectivity index (χ0) is 16.2. The molecule has 0 heterocycles. The van der Waals surface area contributed by atoms with Crippen LogP contribution in [0, 0.1) is 37.0 Å². The Labute approximate surface area is 140 Å². The van der Waals surface area contributed by atoms with Gasteiger partial charge in [0, 0.05) is 11.6 Å². The molecule has 4 fully saturated rings. The molecule has 23 heavy (non-hydrogen) atoms. The second-order valence-corrected chi connectivity index (χ2v) is 8.85. The molecule has 0 radical (unpaired) electrons. The van der Waals surface area contributed by atoms with Crippen molar-refractivity contribution in [1.29, 1.82) is 0 Å². The molecule has 2 nitrogen and oxygen atoms in total. The highest BCUT2D eigenvalue weighted by Crippen LogP contribution is 2.61. The highest BCUT2D eigenvalue weighted by atomic mass is 16.1. The monoisotopic (exact) mass is 311 g/mol. The van der Waals surface area contributed by atoms with Gasteiger partial charge in [0.05, 0.1) is 0 Å². The van der Waals surface area contributed by atoms with Gasteiger partial charge in [0.25, 0.3) is 5.91 Å². The Balaban J connectivity index is 1.51. The van der Waals surface area contributed by atoms with E-state index in [1.165, 1.54) is 38.5 Å². The summed E-state index contributed by atoms with van der Waals surface area (Å²) >= 11 is 0. The first-order valence-electron chi connectivity index (χ1n) is 9.33. The Morgan fingerprint density at radius 1 is 1.00 bits per heavy atom. The second kappa shape index (κ2) is 5.36. The van der Waals surface area contributed by atoms with Gasteiger partial charge >= 0.3 is 0 Å². The molecule has 1 atom stereocenters. The summed E-state index contributed by atoms with van der Waals surface area (Å²) in [6.07, 6.45) is 8.39. The quantitative estimate of drug-likeness (QED) is 0.866. The molecular weight excluding hydrogens is 282 g/mol. The maximum atomic E-state index is 12.7. The summed E-state index contributed by atoms with van der Waals surface area (Å²) in [4.78, 5) is 12.7. The van der Waals surface area contributed by atoms with Gasteiger partial charge in [0.15, 0.2) is 0 Å². The highest BCUT2D eigenvalue weighted by Gasteiger charge is 2.53. The molecule has 5 rings (SSSR count). The molecule has 4 saturated carbocycles. The lowest BCUT2D eigenvalue weighted by molar-refractivity contribution is -0.0688. The topological polar surface area (TPSA) is 29.1 Å². The van der Waals surface area contributed by atoms with E-state index in [1.807, 2.05) is 12.1 Å². The Morgan fingerprint density at radius 2 is 1.48 bits per heavy atom. The third-order valence-electron chi connectivity index (χ3n) is 6.84. The zero-order valence-corrected chi connectivity index (χ0v) is 14.7. The van der Waals surface area contributed by atoms with E-state index >= 15 is 0 Å². The largest absolute Gasteiger partial charge is 0.349 e. The van der Waals surface area contributed by atoms with E-state index in [-0.39, 0.29) is 5.91 Å². The van der Waals surface area contributed by atoms with Crippen molar-refractivity contribution < 1.29 is 4.79 Å². The zero-order valence-electron chi connectivity index (χ0n) is 14.7. The summed E-state index contributed by atoms with van der Waals surface area (Å²) in [5.41, 5.74) is 3.53. The van der Waals surface area contributed by atoms with E-state index in [1.54, 1.807) is 0 Å². The van der Waals surface area contributed by atoms with Crippen molar-refractivity contribution in [2.45, 2.75) is 65.3 Å². The van der Waals surface area contributed by atoms with Gasteiger partial charge in [-0.15, -0.1) is 0 Å². The van der Waals surface area contributed by atoms with Crippen molar-refractivity contribution in [1.82, 2.24) is 5.32 Å². The minimum absolute atomic E-state index is 0.111. The molecule has 1 aromatic carbocycles. The number of nitrogens with one attached hydrogen (secondary N) is 1. The molecule has 4 aliphatic rings. The summed E-state index contributed by atoms with van der Waals surface area (Å²) in [5, 5.41) is 3.37. The van der Waals surface area contributed by atoms with Gasteiger partial charge in [-0.05, 0) is 94.6 Å². The number of amides is 1. The highest BCUT2D eigenvalue weighted by molar-refractivity contribution is 5.94. The van der Waals surface area contributed by atoms with Crippen molar-refractivity contribution in [2.75, 3.05) is 0 Å². The number of carbonyl (C=O) groups excluding carboxylic acids is 1. The Kier molecular flexibility index (Phi) is 3.55. The maximum Gasteiger partial charge on any atom is 0.251 e. The maximum absolute atomic E-state index is 12.7. The Bertz CT molecular complexity index is 577. The Hall–Kier alpha value is -1.31. The number of hydrogen-bond donors (Lipinski definition) is 1. The van der Waals surface area contributed by atoms with Crippen LogP contribution in [0.4, 0.5) is 0 Å². The van der Waals surface area contributed by atoms with Crippen LogP contribution < -0.4 is 5.32 Å². The van der Waals surface area contributed by atoms with Crippen molar-refractivity contribution in [2.24, 2.45) is 23.2 Å². The molecule has 0 aliphatic heterocycles. The fraction of sp³-hybridized carbons (Fsp3) is 0.667. The number of rotatable bonds is 3. The van der Waals surface area contributed by atoms with E-state index in [9.17, 15) is 4.79 Å². The van der Waals surface area contributed by atoms with Crippen molar-refractivity contribution in [3.63, 3.8) is 0 Å². The number of aryl methyl sites for hydroxylation is 2. The van der Waals surface area contributed by atoms with Crippen LogP contribution in [-0.4, -0.2) is 11.9 Å². The van der Waals surface area contributed by atoms with Gasteiger partial charge in [0.1, 0.15) is 0 Å². The van der Waals surface area contributed by atoms with E-state index in [4.69, 9.17) is 0 Å². The lowest BCUT2D eigenvalue weighted by atomic mass is 9.48. The second-order valence-electron chi connectivity index (χ2n) is 8.85. The number of benzene rings is 1. The van der Waals surface area contributed by atoms with Crippen molar-refractivity contribution in [3.05, 3.63) is 34.9 Å². The summed E-state index contributed by atoms with van der Waals surface area (Å²) in [5.74, 6) is 2.91. The van der Waals surface area contributed by atoms with Gasteiger partial charge in [-0.2, -0.15) is 0 Å². The molecule has 124 valence electrons. The van der Waals surface area contributed by atoms with Crippen LogP contribution in [-0.2, 0) is 0 Å². The van der Waals surface area contributed by atoms with Crippen LogP contribution >= 0.6 is 0 Å². The van der Waals surface area contributed by atoms with Crippen molar-refractivity contribution >= 4 is 5.91 Å². The average Bonchev–Trinajstić information content (AvgIpc) is 2.44. The van der Waals surface area contributed by atoms with Gasteiger partial charge in [-0.3, -0.25) is 4.79 Å². The number of hydrogen-bond acceptors (Lipinski definition) is 1. The lowest BCUT2D eigenvalue weighted by Gasteiger charge is -2.59. The van der Waals surface area contributed by atoms with Crippen LogP contribution in [0.1, 0.15) is 66.9 Å². The first kappa shape index (κ1) is 15.2. The molecule has 4 bridgehead atoms. The number of carbonyl (C=O) groups is 1. The summed E-state index contributed by atoms with van der Waals surface area (Å²) < 4.78 is 0. The molecule has 1 aromatic rings. The van der Waals surface area contributed by atoms with E-state index in [0.717, 1.165) is 34.4 Å². The third kappa shape index (κ3) is 2.70. The van der Waals surface area contributed by atoms with Gasteiger partial charge < -0.3 is 5.32 Å². The minimum atomic E-state index is 0.111. The van der Waals surface area contributed by atoms with Crippen molar-refractivity contribution in [3.8, 4) is 0 Å². The average molecular weight is 311 g/mol. The van der Waals surface area contributed by atoms with Crippen LogP contribution in [0.25, 0.3) is 0 Å². The van der Waals surface area contributed by atoms with Gasteiger partial charge in [-0.1, -0.05) is 17.2 Å². The first-order valence-corrected chi connectivity index (χ1v) is 9.33. The predicted octanol–water partition coefficient (Wildman–Crippen LogP) is 4.64. The molecule has 1 amide bonds. The molecule has 4 aliphatic carbocycles.